The highest BCUT2D eigenvalue weighted by atomic mass is 16.5. The van der Waals surface area contributed by atoms with Crippen molar-refractivity contribution in [3.8, 4) is 11.5 Å². The molecule has 0 aromatic heterocycles. The van der Waals surface area contributed by atoms with Gasteiger partial charge in [0, 0.05) is 18.6 Å². The van der Waals surface area contributed by atoms with Gasteiger partial charge in [0.05, 0.1) is 7.11 Å². The molecule has 1 unspecified atom stereocenters. The van der Waals surface area contributed by atoms with E-state index in [0.717, 1.165) is 23.5 Å². The molecule has 1 atom stereocenters. The molecule has 0 aliphatic carbocycles. The molecule has 0 bridgehead atoms. The van der Waals surface area contributed by atoms with Gasteiger partial charge in [-0.25, -0.2) is 9.59 Å². The van der Waals surface area contributed by atoms with E-state index in [1.807, 2.05) is 42.5 Å². The second-order valence-corrected chi connectivity index (χ2v) is 5.28. The van der Waals surface area contributed by atoms with Gasteiger partial charge in [0.2, 0.25) is 0 Å². The highest BCUT2D eigenvalue weighted by Crippen LogP contribution is 2.25. The molecule has 2 aromatic carbocycles. The van der Waals surface area contributed by atoms with Crippen molar-refractivity contribution >= 4 is 11.9 Å². The van der Waals surface area contributed by atoms with Gasteiger partial charge in [-0.3, -0.25) is 0 Å². The van der Waals surface area contributed by atoms with E-state index in [1.165, 1.54) is 0 Å². The molecule has 0 aliphatic rings. The first-order chi connectivity index (χ1) is 13.0. The maximum absolute atomic E-state index is 9.55. The first kappa shape index (κ1) is 21.7. The van der Waals surface area contributed by atoms with Crippen molar-refractivity contribution in [2.75, 3.05) is 13.7 Å². The molecule has 0 aliphatic heterocycles. The Morgan fingerprint density at radius 1 is 0.963 bits per heavy atom. The van der Waals surface area contributed by atoms with Crippen LogP contribution in [0.2, 0.25) is 0 Å². The number of rotatable bonds is 8. The highest BCUT2D eigenvalue weighted by Gasteiger charge is 2.12. The summed E-state index contributed by atoms with van der Waals surface area (Å²) >= 11 is 0. The molecular weight excluding hydrogens is 350 g/mol. The third-order valence-electron chi connectivity index (χ3n) is 3.31. The number of ether oxygens (including phenoxy) is 2. The Balaban J connectivity index is 0.000000387. The van der Waals surface area contributed by atoms with Crippen LogP contribution in [0.25, 0.3) is 0 Å². The maximum atomic E-state index is 9.55. The molecule has 0 spiro atoms. The van der Waals surface area contributed by atoms with Crippen LogP contribution in [0.15, 0.2) is 66.7 Å². The molecule has 7 heteroatoms. The molecule has 2 aromatic rings. The van der Waals surface area contributed by atoms with Gasteiger partial charge in [-0.2, -0.15) is 0 Å². The predicted octanol–water partition coefficient (Wildman–Crippen LogP) is 2.88. The maximum Gasteiger partial charge on any atom is 0.328 e. The Morgan fingerprint density at radius 2 is 1.48 bits per heavy atom. The van der Waals surface area contributed by atoms with Crippen LogP contribution in [-0.2, 0) is 9.59 Å². The van der Waals surface area contributed by atoms with Gasteiger partial charge in [0.1, 0.15) is 17.6 Å². The molecule has 0 saturated carbocycles. The number of benzene rings is 2. The zero-order chi connectivity index (χ0) is 20.1. The highest BCUT2D eigenvalue weighted by molar-refractivity contribution is 5.89. The number of carbonyl (C=O) groups is 2. The quantitative estimate of drug-likeness (QED) is 0.609. The lowest BCUT2D eigenvalue weighted by atomic mass is 10.1. The molecule has 0 radical (unpaired) electrons. The first-order valence-corrected chi connectivity index (χ1v) is 8.16. The lowest BCUT2D eigenvalue weighted by molar-refractivity contribution is -0.134. The average molecular weight is 373 g/mol. The van der Waals surface area contributed by atoms with Crippen molar-refractivity contribution in [3.63, 3.8) is 0 Å². The van der Waals surface area contributed by atoms with Crippen molar-refractivity contribution in [2.24, 2.45) is 5.73 Å². The largest absolute Gasteiger partial charge is 0.497 e. The number of carboxylic acids is 2. The molecule has 4 N–H and O–H groups in total. The summed E-state index contributed by atoms with van der Waals surface area (Å²) in [5.41, 5.74) is 6.81. The topological polar surface area (TPSA) is 119 Å². The smallest absolute Gasteiger partial charge is 0.328 e. The van der Waals surface area contributed by atoms with Crippen molar-refractivity contribution in [2.45, 2.75) is 12.5 Å². The summed E-state index contributed by atoms with van der Waals surface area (Å²) in [5.74, 6) is -0.870. The molecule has 0 fully saturated rings. The molecule has 144 valence electrons. The Morgan fingerprint density at radius 3 is 1.93 bits per heavy atom. The standard InChI is InChI=1S/C16H19NO2.C4H4O4/c1-18-14-7-9-15(10-8-14)19-16(11-12-17)13-5-3-2-4-6-13;5-3(6)1-2-4(7)8/h2-10,16H,11-12,17H2,1H3;1-2H,(H,5,6)(H,7,8)/b;2-1-. The minimum absolute atomic E-state index is 0.0143. The summed E-state index contributed by atoms with van der Waals surface area (Å²) < 4.78 is 11.1. The molecule has 0 heterocycles. The van der Waals surface area contributed by atoms with Crippen molar-refractivity contribution in [3.05, 3.63) is 72.3 Å². The summed E-state index contributed by atoms with van der Waals surface area (Å²) in [4.78, 5) is 19.1. The van der Waals surface area contributed by atoms with E-state index in [9.17, 15) is 9.59 Å². The van der Waals surface area contributed by atoms with E-state index in [0.29, 0.717) is 18.7 Å². The van der Waals surface area contributed by atoms with Gasteiger partial charge in [0.15, 0.2) is 0 Å². The van der Waals surface area contributed by atoms with Crippen LogP contribution in [0, 0.1) is 0 Å². The summed E-state index contributed by atoms with van der Waals surface area (Å²) in [6, 6.07) is 17.7. The van der Waals surface area contributed by atoms with E-state index in [-0.39, 0.29) is 6.10 Å². The number of hydrogen-bond donors (Lipinski definition) is 3. The zero-order valence-corrected chi connectivity index (χ0v) is 14.9. The molecule has 2 rings (SSSR count). The van der Waals surface area contributed by atoms with Crippen LogP contribution < -0.4 is 15.2 Å². The molecule has 7 nitrogen and oxygen atoms in total. The lowest BCUT2D eigenvalue weighted by Gasteiger charge is -2.19. The fraction of sp³-hybridized carbons (Fsp3) is 0.200. The molecule has 0 saturated heterocycles. The Hall–Kier alpha value is -3.32. The van der Waals surface area contributed by atoms with Gasteiger partial charge in [-0.05, 0) is 36.4 Å². The third-order valence-corrected chi connectivity index (χ3v) is 3.31. The van der Waals surface area contributed by atoms with Crippen molar-refractivity contribution < 1.29 is 29.3 Å². The monoisotopic (exact) mass is 373 g/mol. The Bertz CT molecular complexity index is 712. The summed E-state index contributed by atoms with van der Waals surface area (Å²) in [6.45, 7) is 0.593. The van der Waals surface area contributed by atoms with Crippen molar-refractivity contribution in [1.29, 1.82) is 0 Å². The fourth-order valence-electron chi connectivity index (χ4n) is 2.07. The van der Waals surface area contributed by atoms with Crippen LogP contribution in [0.5, 0.6) is 11.5 Å². The SMILES string of the molecule is COc1ccc(OC(CCN)c2ccccc2)cc1.O=C(O)/C=C\C(=O)O. The Kier molecular flexibility index (Phi) is 9.74. The van der Waals surface area contributed by atoms with Gasteiger partial charge >= 0.3 is 11.9 Å². The number of aliphatic carboxylic acids is 2. The number of carboxylic acid groups (broad SMARTS) is 2. The van der Waals surface area contributed by atoms with Crippen LogP contribution in [0.4, 0.5) is 0 Å². The number of hydrogen-bond acceptors (Lipinski definition) is 5. The van der Waals surface area contributed by atoms with E-state index >= 15 is 0 Å². The van der Waals surface area contributed by atoms with Gasteiger partial charge in [0.25, 0.3) is 0 Å². The summed E-state index contributed by atoms with van der Waals surface area (Å²) in [5, 5.41) is 15.6. The minimum Gasteiger partial charge on any atom is -0.497 e. The zero-order valence-electron chi connectivity index (χ0n) is 14.9. The first-order valence-electron chi connectivity index (χ1n) is 8.16. The van der Waals surface area contributed by atoms with Gasteiger partial charge < -0.3 is 25.4 Å². The fourth-order valence-corrected chi connectivity index (χ4v) is 2.07. The molecule has 27 heavy (non-hydrogen) atoms. The summed E-state index contributed by atoms with van der Waals surface area (Å²) in [7, 11) is 1.65. The second-order valence-electron chi connectivity index (χ2n) is 5.28. The van der Waals surface area contributed by atoms with Gasteiger partial charge in [-0.15, -0.1) is 0 Å². The van der Waals surface area contributed by atoms with Crippen LogP contribution in [-0.4, -0.2) is 35.8 Å². The van der Waals surface area contributed by atoms with Crippen LogP contribution in [0.3, 0.4) is 0 Å². The predicted molar refractivity (Wildman–Crippen MR) is 101 cm³/mol. The van der Waals surface area contributed by atoms with Crippen LogP contribution >= 0.6 is 0 Å². The summed E-state index contributed by atoms with van der Waals surface area (Å²) in [6.07, 6.45) is 1.89. The average Bonchev–Trinajstić information content (AvgIpc) is 2.68. The Labute approximate surface area is 157 Å². The molecular formula is C20H23NO6. The number of nitrogens with two attached hydrogens (primary N) is 1. The lowest BCUT2D eigenvalue weighted by Crippen LogP contribution is -2.13. The number of methoxy groups -OCH3 is 1. The van der Waals surface area contributed by atoms with Crippen molar-refractivity contribution in [1.82, 2.24) is 0 Å². The normalized spacial score (nSPS) is 11.2. The van der Waals surface area contributed by atoms with Gasteiger partial charge in [-0.1, -0.05) is 30.3 Å². The molecule has 0 amide bonds. The minimum atomic E-state index is -1.26. The van der Waals surface area contributed by atoms with E-state index in [2.05, 4.69) is 12.1 Å². The van der Waals surface area contributed by atoms with E-state index in [1.54, 1.807) is 7.11 Å². The third kappa shape index (κ3) is 9.08. The second kappa shape index (κ2) is 12.1. The van der Waals surface area contributed by atoms with Crippen LogP contribution in [0.1, 0.15) is 18.1 Å². The van der Waals surface area contributed by atoms with E-state index in [4.69, 9.17) is 25.4 Å². The van der Waals surface area contributed by atoms with E-state index < -0.39 is 11.9 Å².